The quantitative estimate of drug-likeness (QED) is 0.756. The van der Waals surface area contributed by atoms with E-state index in [0.29, 0.717) is 6.54 Å². The van der Waals surface area contributed by atoms with Crippen molar-refractivity contribution in [1.29, 1.82) is 0 Å². The van der Waals surface area contributed by atoms with E-state index in [1.807, 2.05) is 6.92 Å². The van der Waals surface area contributed by atoms with Gasteiger partial charge in [-0.25, -0.2) is 0 Å². The van der Waals surface area contributed by atoms with Crippen LogP contribution in [0.1, 0.15) is 45.4 Å². The van der Waals surface area contributed by atoms with E-state index in [2.05, 4.69) is 0 Å². The largest absolute Gasteiger partial charge is 0.480 e. The van der Waals surface area contributed by atoms with Crippen LogP contribution in [0, 0.1) is 0 Å². The molecule has 0 spiro atoms. The van der Waals surface area contributed by atoms with Gasteiger partial charge < -0.3 is 5.11 Å². The van der Waals surface area contributed by atoms with E-state index in [-0.39, 0.29) is 30.8 Å². The predicted octanol–water partition coefficient (Wildman–Crippen LogP) is 0.853. The molecule has 0 aromatic rings. The molecule has 1 saturated carbocycles. The number of hydrogen-bond acceptors (Lipinski definition) is 4. The number of nitrogens with zero attached hydrogens (tertiary/aromatic N) is 2. The third-order valence-corrected chi connectivity index (χ3v) is 4.28. The summed E-state index contributed by atoms with van der Waals surface area (Å²) in [4.78, 5) is 38.4. The number of rotatable bonds is 5. The highest BCUT2D eigenvalue weighted by Gasteiger charge is 2.44. The molecule has 1 aliphatic carbocycles. The Morgan fingerprint density at radius 3 is 2.50 bits per heavy atom. The summed E-state index contributed by atoms with van der Waals surface area (Å²) in [6, 6.07) is -0.567. The van der Waals surface area contributed by atoms with Crippen LogP contribution >= 0.6 is 0 Å². The molecule has 2 fully saturated rings. The van der Waals surface area contributed by atoms with Crippen LogP contribution in [0.5, 0.6) is 0 Å². The Morgan fingerprint density at radius 2 is 1.95 bits per heavy atom. The number of hydrogen-bond donors (Lipinski definition) is 1. The highest BCUT2D eigenvalue weighted by molar-refractivity contribution is 6.06. The minimum absolute atomic E-state index is 0.0253. The van der Waals surface area contributed by atoms with Gasteiger partial charge in [-0.3, -0.25) is 24.2 Å². The monoisotopic (exact) mass is 282 g/mol. The Labute approximate surface area is 118 Å². The summed E-state index contributed by atoms with van der Waals surface area (Å²) in [5.74, 6) is -1.32. The molecular weight excluding hydrogens is 260 g/mol. The number of carboxylic acid groups (broad SMARTS) is 1. The van der Waals surface area contributed by atoms with E-state index in [1.165, 1.54) is 4.90 Å². The molecule has 0 radical (unpaired) electrons. The molecule has 20 heavy (non-hydrogen) atoms. The van der Waals surface area contributed by atoms with Gasteiger partial charge in [0, 0.05) is 6.04 Å². The maximum atomic E-state index is 12.5. The number of carboxylic acids is 1. The van der Waals surface area contributed by atoms with Crippen molar-refractivity contribution in [3.05, 3.63) is 0 Å². The van der Waals surface area contributed by atoms with Crippen molar-refractivity contribution in [2.75, 3.05) is 13.1 Å². The molecule has 1 unspecified atom stereocenters. The molecule has 6 heteroatoms. The first-order valence-corrected chi connectivity index (χ1v) is 7.36. The van der Waals surface area contributed by atoms with Gasteiger partial charge in [0.25, 0.3) is 0 Å². The van der Waals surface area contributed by atoms with Gasteiger partial charge in [0.2, 0.25) is 11.8 Å². The number of aliphatic carboxylic acids is 1. The molecule has 0 aromatic carbocycles. The summed E-state index contributed by atoms with van der Waals surface area (Å²) in [5.41, 5.74) is 0. The zero-order chi connectivity index (χ0) is 14.7. The number of imide groups is 1. The highest BCUT2D eigenvalue weighted by Crippen LogP contribution is 2.28. The van der Waals surface area contributed by atoms with Gasteiger partial charge in [0.05, 0.1) is 19.0 Å². The van der Waals surface area contributed by atoms with Crippen LogP contribution in [-0.2, 0) is 14.4 Å². The summed E-state index contributed by atoms with van der Waals surface area (Å²) >= 11 is 0. The SMILES string of the molecule is CCN(CC(=O)O)C1CC(=O)N(C2CCCCC2)C1=O. The lowest BCUT2D eigenvalue weighted by Crippen LogP contribution is -2.47. The number of likely N-dealkylation sites (tertiary alicyclic amines) is 1. The average Bonchev–Trinajstić information content (AvgIpc) is 2.72. The minimum atomic E-state index is -0.969. The van der Waals surface area contributed by atoms with E-state index in [4.69, 9.17) is 5.11 Å². The van der Waals surface area contributed by atoms with Crippen molar-refractivity contribution in [3.8, 4) is 0 Å². The molecule has 1 N–H and O–H groups in total. The molecule has 6 nitrogen and oxygen atoms in total. The van der Waals surface area contributed by atoms with Crippen molar-refractivity contribution >= 4 is 17.8 Å². The first-order valence-electron chi connectivity index (χ1n) is 7.36. The van der Waals surface area contributed by atoms with Crippen LogP contribution in [0.3, 0.4) is 0 Å². The van der Waals surface area contributed by atoms with Crippen LogP contribution in [0.25, 0.3) is 0 Å². The molecule has 1 heterocycles. The van der Waals surface area contributed by atoms with Crippen LogP contribution < -0.4 is 0 Å². The molecule has 0 bridgehead atoms. The summed E-state index contributed by atoms with van der Waals surface area (Å²) in [6.07, 6.45) is 5.16. The van der Waals surface area contributed by atoms with Gasteiger partial charge in [0.1, 0.15) is 0 Å². The molecule has 1 saturated heterocycles. The second-order valence-electron chi connectivity index (χ2n) is 5.57. The lowest BCUT2D eigenvalue weighted by Gasteiger charge is -2.31. The smallest absolute Gasteiger partial charge is 0.317 e. The Kier molecular flexibility index (Phi) is 4.75. The minimum Gasteiger partial charge on any atom is -0.480 e. The first kappa shape index (κ1) is 15.0. The van der Waals surface area contributed by atoms with E-state index >= 15 is 0 Å². The summed E-state index contributed by atoms with van der Waals surface area (Å²) in [5, 5.41) is 8.89. The first-order chi connectivity index (χ1) is 9.54. The van der Waals surface area contributed by atoms with Crippen LogP contribution in [0.15, 0.2) is 0 Å². The van der Waals surface area contributed by atoms with Gasteiger partial charge >= 0.3 is 5.97 Å². The van der Waals surface area contributed by atoms with Gasteiger partial charge in [0.15, 0.2) is 0 Å². The molecule has 0 aromatic heterocycles. The van der Waals surface area contributed by atoms with Crippen molar-refractivity contribution in [1.82, 2.24) is 9.80 Å². The van der Waals surface area contributed by atoms with Gasteiger partial charge in [-0.2, -0.15) is 0 Å². The zero-order valence-corrected chi connectivity index (χ0v) is 11.9. The van der Waals surface area contributed by atoms with Crippen LogP contribution in [0.4, 0.5) is 0 Å². The van der Waals surface area contributed by atoms with Gasteiger partial charge in [-0.05, 0) is 19.4 Å². The van der Waals surface area contributed by atoms with Crippen LogP contribution in [0.2, 0.25) is 0 Å². The second-order valence-corrected chi connectivity index (χ2v) is 5.57. The fraction of sp³-hybridized carbons (Fsp3) is 0.786. The Morgan fingerprint density at radius 1 is 1.30 bits per heavy atom. The molecular formula is C14H22N2O4. The lowest BCUT2D eigenvalue weighted by molar-refractivity contribution is -0.143. The number of likely N-dealkylation sites (N-methyl/N-ethyl adjacent to an activating group) is 1. The second kappa shape index (κ2) is 6.35. The fourth-order valence-electron chi connectivity index (χ4n) is 3.26. The van der Waals surface area contributed by atoms with Crippen molar-refractivity contribution in [2.24, 2.45) is 0 Å². The maximum Gasteiger partial charge on any atom is 0.317 e. The summed E-state index contributed by atoms with van der Waals surface area (Å²) in [6.45, 7) is 2.07. The average molecular weight is 282 g/mol. The molecule has 2 aliphatic rings. The van der Waals surface area contributed by atoms with Gasteiger partial charge in [-0.1, -0.05) is 26.2 Å². The summed E-state index contributed by atoms with van der Waals surface area (Å²) in [7, 11) is 0. The van der Waals surface area contributed by atoms with E-state index in [9.17, 15) is 14.4 Å². The van der Waals surface area contributed by atoms with Crippen molar-refractivity contribution < 1.29 is 19.5 Å². The fourth-order valence-corrected chi connectivity index (χ4v) is 3.26. The molecule has 2 amide bonds. The standard InChI is InChI=1S/C14H22N2O4/c1-2-15(9-13(18)19)11-8-12(17)16(14(11)20)10-6-4-3-5-7-10/h10-11H,2-9H2,1H3,(H,18,19). The Hall–Kier alpha value is -1.43. The van der Waals surface area contributed by atoms with E-state index < -0.39 is 12.0 Å². The Bertz CT molecular complexity index is 404. The predicted molar refractivity (Wildman–Crippen MR) is 72.0 cm³/mol. The molecule has 1 atom stereocenters. The summed E-state index contributed by atoms with van der Waals surface area (Å²) < 4.78 is 0. The third kappa shape index (κ3) is 3.00. The third-order valence-electron chi connectivity index (χ3n) is 4.28. The zero-order valence-electron chi connectivity index (χ0n) is 11.9. The van der Waals surface area contributed by atoms with E-state index in [0.717, 1.165) is 32.1 Å². The maximum absolute atomic E-state index is 12.5. The number of carbonyl (C=O) groups is 3. The van der Waals surface area contributed by atoms with Crippen molar-refractivity contribution in [3.63, 3.8) is 0 Å². The number of amides is 2. The highest BCUT2D eigenvalue weighted by atomic mass is 16.4. The number of carbonyl (C=O) groups excluding carboxylic acids is 2. The normalized spacial score (nSPS) is 24.7. The van der Waals surface area contributed by atoms with Crippen molar-refractivity contribution in [2.45, 2.75) is 57.5 Å². The topological polar surface area (TPSA) is 77.9 Å². The lowest BCUT2D eigenvalue weighted by atomic mass is 9.94. The Balaban J connectivity index is 2.08. The van der Waals surface area contributed by atoms with Gasteiger partial charge in [-0.15, -0.1) is 0 Å². The molecule has 112 valence electrons. The van der Waals surface area contributed by atoms with E-state index in [1.54, 1.807) is 4.90 Å². The van der Waals surface area contributed by atoms with Crippen LogP contribution in [-0.4, -0.2) is 57.9 Å². The molecule has 2 rings (SSSR count). The molecule has 1 aliphatic heterocycles.